The highest BCUT2D eigenvalue weighted by atomic mass is 16.5. The van der Waals surface area contributed by atoms with Gasteiger partial charge in [-0.25, -0.2) is 0 Å². The third-order valence-corrected chi connectivity index (χ3v) is 3.73. The summed E-state index contributed by atoms with van der Waals surface area (Å²) in [6.07, 6.45) is -2.41. The van der Waals surface area contributed by atoms with E-state index in [0.717, 1.165) is 5.56 Å². The lowest BCUT2D eigenvalue weighted by Gasteiger charge is -2.44. The summed E-state index contributed by atoms with van der Waals surface area (Å²) in [4.78, 5) is 1.95. The number of rotatable bonds is 4. The standard InChI is InChI=1S/C14H21NO4/c1-19-12-8-15(7-10-5-3-2-4-6-10)11(9-16)13(17)14(12)18/h2-6,11-14,16-18H,7-9H2,1H3/t11-,12-,13-,14+/m0/s1. The van der Waals surface area contributed by atoms with Crippen molar-refractivity contribution in [1.29, 1.82) is 0 Å². The second-order valence-electron chi connectivity index (χ2n) is 4.92. The molecular weight excluding hydrogens is 246 g/mol. The van der Waals surface area contributed by atoms with Gasteiger partial charge in [-0.1, -0.05) is 30.3 Å². The van der Waals surface area contributed by atoms with Gasteiger partial charge in [-0.2, -0.15) is 0 Å². The molecule has 2 rings (SSSR count). The Morgan fingerprint density at radius 2 is 1.89 bits per heavy atom. The van der Waals surface area contributed by atoms with Crippen LogP contribution < -0.4 is 0 Å². The average Bonchev–Trinajstić information content (AvgIpc) is 2.44. The van der Waals surface area contributed by atoms with E-state index in [4.69, 9.17) is 4.74 Å². The van der Waals surface area contributed by atoms with Gasteiger partial charge in [0.2, 0.25) is 0 Å². The third kappa shape index (κ3) is 3.13. The smallest absolute Gasteiger partial charge is 0.109 e. The number of ether oxygens (including phenoxy) is 1. The van der Waals surface area contributed by atoms with Crippen molar-refractivity contribution in [3.63, 3.8) is 0 Å². The highest BCUT2D eigenvalue weighted by Gasteiger charge is 2.41. The number of methoxy groups -OCH3 is 1. The highest BCUT2D eigenvalue weighted by Crippen LogP contribution is 2.22. The highest BCUT2D eigenvalue weighted by molar-refractivity contribution is 5.15. The maximum atomic E-state index is 10.1. The molecule has 1 aromatic rings. The summed E-state index contributed by atoms with van der Waals surface area (Å²) in [6.45, 7) is 0.895. The van der Waals surface area contributed by atoms with Crippen LogP contribution in [0.15, 0.2) is 30.3 Å². The fourth-order valence-corrected chi connectivity index (χ4v) is 2.58. The molecule has 1 aromatic carbocycles. The molecule has 3 N–H and O–H groups in total. The van der Waals surface area contributed by atoms with Crippen LogP contribution in [-0.2, 0) is 11.3 Å². The summed E-state index contributed by atoms with van der Waals surface area (Å²) in [5.41, 5.74) is 1.10. The van der Waals surface area contributed by atoms with Gasteiger partial charge in [0.05, 0.1) is 18.8 Å². The van der Waals surface area contributed by atoms with E-state index in [1.165, 1.54) is 7.11 Å². The molecule has 5 heteroatoms. The van der Waals surface area contributed by atoms with E-state index < -0.39 is 24.4 Å². The molecule has 0 spiro atoms. The summed E-state index contributed by atoms with van der Waals surface area (Å²) in [7, 11) is 1.51. The Balaban J connectivity index is 2.12. The zero-order chi connectivity index (χ0) is 13.8. The topological polar surface area (TPSA) is 73.2 Å². The first-order valence-electron chi connectivity index (χ1n) is 6.45. The van der Waals surface area contributed by atoms with Gasteiger partial charge in [0, 0.05) is 20.2 Å². The lowest BCUT2D eigenvalue weighted by molar-refractivity contribution is -0.156. The third-order valence-electron chi connectivity index (χ3n) is 3.73. The molecule has 0 saturated carbocycles. The minimum atomic E-state index is -1.01. The van der Waals surface area contributed by atoms with Gasteiger partial charge >= 0.3 is 0 Å². The number of aliphatic hydroxyl groups is 3. The quantitative estimate of drug-likeness (QED) is 0.692. The molecule has 5 nitrogen and oxygen atoms in total. The minimum Gasteiger partial charge on any atom is -0.395 e. The van der Waals surface area contributed by atoms with Crippen molar-refractivity contribution in [2.24, 2.45) is 0 Å². The van der Waals surface area contributed by atoms with E-state index in [0.29, 0.717) is 13.1 Å². The molecule has 106 valence electrons. The number of piperidine rings is 1. The van der Waals surface area contributed by atoms with E-state index in [9.17, 15) is 15.3 Å². The molecule has 4 atom stereocenters. The summed E-state index contributed by atoms with van der Waals surface area (Å²) in [5.74, 6) is 0. The van der Waals surface area contributed by atoms with Gasteiger partial charge in [0.25, 0.3) is 0 Å². The number of likely N-dealkylation sites (tertiary alicyclic amines) is 1. The van der Waals surface area contributed by atoms with Gasteiger partial charge in [-0.15, -0.1) is 0 Å². The van der Waals surface area contributed by atoms with Crippen LogP contribution in [0.4, 0.5) is 0 Å². The fourth-order valence-electron chi connectivity index (χ4n) is 2.58. The molecule has 0 aliphatic carbocycles. The van der Waals surface area contributed by atoms with Crippen molar-refractivity contribution in [2.75, 3.05) is 20.3 Å². The van der Waals surface area contributed by atoms with Crippen molar-refractivity contribution in [2.45, 2.75) is 30.9 Å². The van der Waals surface area contributed by atoms with Crippen LogP contribution in [0.2, 0.25) is 0 Å². The molecule has 1 aliphatic heterocycles. The number of hydrogen-bond donors (Lipinski definition) is 3. The first-order chi connectivity index (χ1) is 9.17. The Morgan fingerprint density at radius 3 is 2.47 bits per heavy atom. The maximum absolute atomic E-state index is 10.1. The minimum absolute atomic E-state index is 0.193. The van der Waals surface area contributed by atoms with Gasteiger partial charge in [-0.05, 0) is 5.56 Å². The van der Waals surface area contributed by atoms with Crippen LogP contribution >= 0.6 is 0 Å². The molecule has 0 amide bonds. The number of nitrogens with zero attached hydrogens (tertiary/aromatic N) is 1. The Bertz CT molecular complexity index is 386. The molecule has 0 aromatic heterocycles. The van der Waals surface area contributed by atoms with Gasteiger partial charge in [-0.3, -0.25) is 4.90 Å². The monoisotopic (exact) mass is 267 g/mol. The SMILES string of the molecule is CO[C@H]1CN(Cc2ccccc2)[C@@H](CO)[C@H](O)[C@@H]1O. The van der Waals surface area contributed by atoms with Crippen LogP contribution in [-0.4, -0.2) is 64.8 Å². The van der Waals surface area contributed by atoms with Crippen molar-refractivity contribution >= 4 is 0 Å². The van der Waals surface area contributed by atoms with E-state index in [1.807, 2.05) is 35.2 Å². The Morgan fingerprint density at radius 1 is 1.21 bits per heavy atom. The number of hydrogen-bond acceptors (Lipinski definition) is 5. The van der Waals surface area contributed by atoms with E-state index in [2.05, 4.69) is 0 Å². The number of aliphatic hydroxyl groups excluding tert-OH is 3. The van der Waals surface area contributed by atoms with Crippen molar-refractivity contribution < 1.29 is 20.1 Å². The normalized spacial score (nSPS) is 32.4. The Hall–Kier alpha value is -0.980. The summed E-state index contributed by atoms with van der Waals surface area (Å²) in [6, 6.07) is 9.36. The van der Waals surface area contributed by atoms with Gasteiger partial charge in [0.15, 0.2) is 0 Å². The first kappa shape index (κ1) is 14.4. The number of benzene rings is 1. The van der Waals surface area contributed by atoms with Crippen LogP contribution in [0.5, 0.6) is 0 Å². The second kappa shape index (κ2) is 6.45. The molecule has 1 saturated heterocycles. The van der Waals surface area contributed by atoms with E-state index in [1.54, 1.807) is 0 Å². The summed E-state index contributed by atoms with van der Waals surface area (Å²) < 4.78 is 5.20. The van der Waals surface area contributed by atoms with E-state index >= 15 is 0 Å². The van der Waals surface area contributed by atoms with Gasteiger partial charge in [0.1, 0.15) is 12.2 Å². The summed E-state index contributed by atoms with van der Waals surface area (Å²) >= 11 is 0. The fraction of sp³-hybridized carbons (Fsp3) is 0.571. The molecule has 1 fully saturated rings. The van der Waals surface area contributed by atoms with E-state index in [-0.39, 0.29) is 6.61 Å². The Labute approximate surface area is 113 Å². The molecule has 0 radical (unpaired) electrons. The summed E-state index contributed by atoms with van der Waals surface area (Å²) in [5, 5.41) is 29.4. The van der Waals surface area contributed by atoms with Gasteiger partial charge < -0.3 is 20.1 Å². The maximum Gasteiger partial charge on any atom is 0.109 e. The predicted molar refractivity (Wildman–Crippen MR) is 70.5 cm³/mol. The van der Waals surface area contributed by atoms with Crippen molar-refractivity contribution in [3.8, 4) is 0 Å². The molecular formula is C14H21NO4. The van der Waals surface area contributed by atoms with Crippen molar-refractivity contribution in [3.05, 3.63) is 35.9 Å². The van der Waals surface area contributed by atoms with Crippen LogP contribution in [0, 0.1) is 0 Å². The zero-order valence-electron chi connectivity index (χ0n) is 11.0. The first-order valence-corrected chi connectivity index (χ1v) is 6.45. The lowest BCUT2D eigenvalue weighted by atomic mass is 9.93. The molecule has 19 heavy (non-hydrogen) atoms. The average molecular weight is 267 g/mol. The molecule has 1 aliphatic rings. The largest absolute Gasteiger partial charge is 0.395 e. The molecule has 0 unspecified atom stereocenters. The van der Waals surface area contributed by atoms with Crippen LogP contribution in [0.1, 0.15) is 5.56 Å². The van der Waals surface area contributed by atoms with Crippen LogP contribution in [0.25, 0.3) is 0 Å². The zero-order valence-corrected chi connectivity index (χ0v) is 11.0. The second-order valence-corrected chi connectivity index (χ2v) is 4.92. The van der Waals surface area contributed by atoms with Crippen molar-refractivity contribution in [1.82, 2.24) is 4.90 Å². The van der Waals surface area contributed by atoms with Crippen LogP contribution in [0.3, 0.4) is 0 Å². The molecule has 1 heterocycles. The lowest BCUT2D eigenvalue weighted by Crippen LogP contribution is -2.62. The predicted octanol–water partition coefficient (Wildman–Crippen LogP) is -0.400. The molecule has 0 bridgehead atoms. The Kier molecular flexibility index (Phi) is 4.90.